The number of carbonyl (C=O) groups excluding carboxylic acids is 2. The van der Waals surface area contributed by atoms with Crippen molar-refractivity contribution in [3.8, 4) is 5.75 Å². The van der Waals surface area contributed by atoms with Gasteiger partial charge in [0, 0.05) is 44.5 Å². The number of fused-ring (bicyclic) bond motifs is 1. The van der Waals surface area contributed by atoms with Crippen LogP contribution in [-0.4, -0.2) is 120 Å². The lowest BCUT2D eigenvalue weighted by atomic mass is 10.2. The van der Waals surface area contributed by atoms with Gasteiger partial charge < -0.3 is 29.6 Å². The van der Waals surface area contributed by atoms with Crippen LogP contribution in [0.1, 0.15) is 13.3 Å². The fraction of sp³-hybridized carbons (Fsp3) is 0.448. The van der Waals surface area contributed by atoms with Gasteiger partial charge in [-0.3, -0.25) is 19.4 Å². The maximum atomic E-state index is 13.4. The molecule has 4 rings (SSSR count). The minimum absolute atomic E-state index is 0.0811. The van der Waals surface area contributed by atoms with Gasteiger partial charge in [-0.2, -0.15) is 0 Å². The number of sulfonamides is 1. The highest BCUT2D eigenvalue weighted by atomic mass is 32.2. The van der Waals surface area contributed by atoms with Crippen molar-refractivity contribution in [1.29, 1.82) is 0 Å². The van der Waals surface area contributed by atoms with E-state index in [1.54, 1.807) is 6.92 Å². The number of β-amino-alcohol motifs (C(OH)–C–C–N with tert-alkyl or cyclic N) is 1. The summed E-state index contributed by atoms with van der Waals surface area (Å²) in [6.45, 7) is 5.68. The van der Waals surface area contributed by atoms with E-state index in [0.717, 1.165) is 29.3 Å². The molecule has 244 valence electrons. The van der Waals surface area contributed by atoms with Gasteiger partial charge in [-0.05, 0) is 37.4 Å². The van der Waals surface area contributed by atoms with Gasteiger partial charge in [0.25, 0.3) is 0 Å². The number of carboxylic acids is 1. The second kappa shape index (κ2) is 15.6. The molecule has 1 fully saturated rings. The zero-order valence-corrected chi connectivity index (χ0v) is 26.7. The molecule has 0 bridgehead atoms. The molecule has 1 unspecified atom stereocenters. The number of thioether (sulfide) groups is 1. The standard InChI is InChI=1S/C29H38N6O8S2/c1-20(17-35-24-6-4-3-5-23(24)31-29(35)44-2)43-25-15-21(30-27(38)18-34-11-9-33(10-12-34)13-14-36)7-8-26(25)45(41,42)32-22(19-37)16-28(39)40/h3-8,15,19-20,22,32,36H,9-14,16-18H2,1-2H3,(H,30,38)(H,39,40)/t20-,22?/m1/s1. The number of aliphatic carboxylic acids is 1. The van der Waals surface area contributed by atoms with Gasteiger partial charge in [-0.25, -0.2) is 18.1 Å². The van der Waals surface area contributed by atoms with Crippen LogP contribution >= 0.6 is 11.8 Å². The maximum Gasteiger partial charge on any atom is 0.305 e. The van der Waals surface area contributed by atoms with Crippen molar-refractivity contribution in [2.45, 2.75) is 42.1 Å². The van der Waals surface area contributed by atoms with E-state index in [2.05, 4.69) is 19.9 Å². The summed E-state index contributed by atoms with van der Waals surface area (Å²) in [6.07, 6.45) is 0.815. The summed E-state index contributed by atoms with van der Waals surface area (Å²) < 4.78 is 37.0. The van der Waals surface area contributed by atoms with Crippen molar-refractivity contribution in [3.05, 3.63) is 42.5 Å². The molecule has 1 amide bonds. The number of benzene rings is 2. The summed E-state index contributed by atoms with van der Waals surface area (Å²) in [5, 5.41) is 21.8. The molecule has 2 atom stereocenters. The van der Waals surface area contributed by atoms with Crippen LogP contribution in [0, 0.1) is 0 Å². The average Bonchev–Trinajstić information content (AvgIpc) is 3.34. The van der Waals surface area contributed by atoms with Crippen molar-refractivity contribution in [3.63, 3.8) is 0 Å². The van der Waals surface area contributed by atoms with Gasteiger partial charge in [0.15, 0.2) is 5.16 Å². The first-order chi connectivity index (χ1) is 21.5. The van der Waals surface area contributed by atoms with E-state index in [1.165, 1.54) is 30.0 Å². The normalized spacial score (nSPS) is 15.9. The zero-order valence-electron chi connectivity index (χ0n) is 25.1. The molecule has 14 nitrogen and oxygen atoms in total. The highest BCUT2D eigenvalue weighted by Crippen LogP contribution is 2.30. The van der Waals surface area contributed by atoms with Gasteiger partial charge in [0.2, 0.25) is 15.9 Å². The molecule has 0 saturated carbocycles. The fourth-order valence-electron chi connectivity index (χ4n) is 5.08. The smallest absolute Gasteiger partial charge is 0.305 e. The van der Waals surface area contributed by atoms with E-state index in [1.807, 2.05) is 40.0 Å². The molecule has 1 aliphatic heterocycles. The van der Waals surface area contributed by atoms with Crippen LogP contribution in [0.15, 0.2) is 52.5 Å². The molecule has 45 heavy (non-hydrogen) atoms. The number of anilines is 1. The molecule has 0 aliphatic carbocycles. The highest BCUT2D eigenvalue weighted by molar-refractivity contribution is 7.98. The van der Waals surface area contributed by atoms with E-state index >= 15 is 0 Å². The quantitative estimate of drug-likeness (QED) is 0.127. The number of aliphatic hydroxyl groups is 1. The van der Waals surface area contributed by atoms with Crippen molar-refractivity contribution in [2.75, 3.05) is 57.4 Å². The van der Waals surface area contributed by atoms with Crippen molar-refractivity contribution < 1.29 is 37.8 Å². The Hall–Kier alpha value is -3.54. The number of piperazine rings is 1. The zero-order chi connectivity index (χ0) is 32.6. The van der Waals surface area contributed by atoms with Crippen molar-refractivity contribution in [2.24, 2.45) is 0 Å². The lowest BCUT2D eigenvalue weighted by Gasteiger charge is -2.33. The Kier molecular flexibility index (Phi) is 11.9. The summed E-state index contributed by atoms with van der Waals surface area (Å²) in [5.41, 5.74) is 1.99. The number of carbonyl (C=O) groups is 3. The maximum absolute atomic E-state index is 13.4. The Balaban J connectivity index is 1.56. The average molecular weight is 663 g/mol. The Morgan fingerprint density at radius 1 is 1.13 bits per heavy atom. The number of nitrogens with one attached hydrogen (secondary N) is 2. The van der Waals surface area contributed by atoms with Crippen LogP contribution in [0.2, 0.25) is 0 Å². The molecular weight excluding hydrogens is 624 g/mol. The number of para-hydroxylation sites is 2. The second-order valence-electron chi connectivity index (χ2n) is 10.6. The van der Waals surface area contributed by atoms with Crippen molar-refractivity contribution in [1.82, 2.24) is 24.1 Å². The Bertz CT molecular complexity index is 1610. The number of amides is 1. The first kappa shape index (κ1) is 34.3. The van der Waals surface area contributed by atoms with Crippen LogP contribution in [0.3, 0.4) is 0 Å². The number of ether oxygens (including phenoxy) is 1. The van der Waals surface area contributed by atoms with Gasteiger partial charge in [-0.15, -0.1) is 0 Å². The number of rotatable bonds is 16. The van der Waals surface area contributed by atoms with E-state index in [4.69, 9.17) is 14.9 Å². The van der Waals surface area contributed by atoms with E-state index < -0.39 is 34.6 Å². The molecule has 1 aliphatic rings. The van der Waals surface area contributed by atoms with Crippen molar-refractivity contribution >= 4 is 56.7 Å². The molecule has 0 spiro atoms. The summed E-state index contributed by atoms with van der Waals surface area (Å²) in [7, 11) is -4.42. The third-order valence-electron chi connectivity index (χ3n) is 7.20. The molecule has 1 aromatic heterocycles. The number of hydrogen-bond acceptors (Lipinski definition) is 11. The summed E-state index contributed by atoms with van der Waals surface area (Å²) in [4.78, 5) is 43.9. The number of aliphatic hydroxyl groups excluding tert-OH is 1. The fourth-order valence-corrected chi connectivity index (χ4v) is 6.95. The lowest BCUT2D eigenvalue weighted by molar-refractivity contribution is -0.138. The second-order valence-corrected chi connectivity index (χ2v) is 13.1. The molecule has 16 heteroatoms. The number of aldehydes is 1. The number of imidazole rings is 1. The van der Waals surface area contributed by atoms with Gasteiger partial charge in [0.1, 0.15) is 23.0 Å². The molecule has 1 saturated heterocycles. The first-order valence-electron chi connectivity index (χ1n) is 14.4. The van der Waals surface area contributed by atoms with Crippen LogP contribution < -0.4 is 14.8 Å². The molecule has 3 aromatic rings. The van der Waals surface area contributed by atoms with Gasteiger partial charge >= 0.3 is 5.97 Å². The SMILES string of the molecule is CSc1nc2ccccc2n1C[C@@H](C)Oc1cc(NC(=O)CN2CCN(CCO)CC2)ccc1S(=O)(=O)NC(C=O)CC(=O)O. The number of carboxylic acid groups (broad SMARTS) is 1. The monoisotopic (exact) mass is 662 g/mol. The summed E-state index contributed by atoms with van der Waals surface area (Å²) in [6, 6.07) is 10.2. The van der Waals surface area contributed by atoms with Gasteiger partial charge in [0.05, 0.1) is 43.2 Å². The first-order valence-corrected chi connectivity index (χ1v) is 17.1. The third kappa shape index (κ3) is 9.24. The third-order valence-corrected chi connectivity index (χ3v) is 9.41. The molecule has 4 N–H and O–H groups in total. The number of hydrogen-bond donors (Lipinski definition) is 4. The predicted octanol–water partition coefficient (Wildman–Crippen LogP) is 1.09. The Labute approximate surface area is 265 Å². The highest BCUT2D eigenvalue weighted by Gasteiger charge is 2.27. The lowest BCUT2D eigenvalue weighted by Crippen LogP contribution is -2.49. The summed E-state index contributed by atoms with van der Waals surface area (Å²) in [5.74, 6) is -1.72. The Morgan fingerprint density at radius 3 is 2.51 bits per heavy atom. The van der Waals surface area contributed by atoms with E-state index in [-0.39, 0.29) is 36.0 Å². The van der Waals surface area contributed by atoms with Gasteiger partial charge in [-0.1, -0.05) is 23.9 Å². The van der Waals surface area contributed by atoms with E-state index in [9.17, 15) is 22.8 Å². The summed E-state index contributed by atoms with van der Waals surface area (Å²) >= 11 is 1.46. The van der Waals surface area contributed by atoms with Crippen LogP contribution in [0.4, 0.5) is 5.69 Å². The van der Waals surface area contributed by atoms with Crippen LogP contribution in [0.5, 0.6) is 5.75 Å². The minimum atomic E-state index is -4.42. The molecule has 2 aromatic carbocycles. The topological polar surface area (TPSA) is 183 Å². The number of aromatic nitrogens is 2. The molecular formula is C29H38N6O8S2. The molecule has 2 heterocycles. The minimum Gasteiger partial charge on any atom is -0.487 e. The van der Waals surface area contributed by atoms with E-state index in [0.29, 0.717) is 31.9 Å². The Morgan fingerprint density at radius 2 is 1.84 bits per heavy atom. The molecule has 0 radical (unpaired) electrons. The largest absolute Gasteiger partial charge is 0.487 e. The van der Waals surface area contributed by atoms with Crippen LogP contribution in [0.25, 0.3) is 11.0 Å². The predicted molar refractivity (Wildman–Crippen MR) is 169 cm³/mol. The van der Waals surface area contributed by atoms with Crippen LogP contribution in [-0.2, 0) is 31.0 Å². The number of nitrogens with zero attached hydrogens (tertiary/aromatic N) is 4.